The lowest BCUT2D eigenvalue weighted by Crippen LogP contribution is -2.10. The monoisotopic (exact) mass is 320 g/mol. The summed E-state index contributed by atoms with van der Waals surface area (Å²) in [6, 6.07) is 5.60. The summed E-state index contributed by atoms with van der Waals surface area (Å²) < 4.78 is 10.8. The van der Waals surface area contributed by atoms with Crippen molar-refractivity contribution in [3.8, 4) is 0 Å². The molecule has 0 bridgehead atoms. The Labute approximate surface area is 103 Å². The summed E-state index contributed by atoms with van der Waals surface area (Å²) >= 11 is 2.12. The predicted octanol–water partition coefficient (Wildman–Crippen LogP) is 2.75. The van der Waals surface area contributed by atoms with Crippen molar-refractivity contribution in [1.29, 1.82) is 0 Å². The van der Waals surface area contributed by atoms with E-state index in [9.17, 15) is 4.79 Å². The Morgan fingerprint density at radius 3 is 2.80 bits per heavy atom. The van der Waals surface area contributed by atoms with E-state index in [0.29, 0.717) is 12.2 Å². The lowest BCUT2D eigenvalue weighted by Gasteiger charge is -2.06. The van der Waals surface area contributed by atoms with Gasteiger partial charge in [0.05, 0.1) is 5.56 Å². The average Bonchev–Trinajstić information content (AvgIpc) is 2.17. The van der Waals surface area contributed by atoms with Crippen LogP contribution >= 0.6 is 22.6 Å². The highest BCUT2D eigenvalue weighted by Gasteiger charge is 2.10. The second kappa shape index (κ2) is 6.07. The molecule has 0 unspecified atom stereocenters. The highest BCUT2D eigenvalue weighted by molar-refractivity contribution is 14.1. The minimum atomic E-state index is -0.340. The van der Waals surface area contributed by atoms with Crippen LogP contribution in [0.2, 0.25) is 0 Å². The van der Waals surface area contributed by atoms with Crippen molar-refractivity contribution in [2.45, 2.75) is 13.8 Å². The van der Waals surface area contributed by atoms with E-state index in [0.717, 1.165) is 9.13 Å². The molecule has 1 rings (SSSR count). The molecule has 1 aromatic rings. The third-order valence-electron chi connectivity index (χ3n) is 1.82. The topological polar surface area (TPSA) is 35.5 Å². The lowest BCUT2D eigenvalue weighted by molar-refractivity contribution is -0.0275. The van der Waals surface area contributed by atoms with Gasteiger partial charge in [-0.05, 0) is 48.6 Å². The summed E-state index contributed by atoms with van der Waals surface area (Å²) in [6.07, 6.45) is 0. The maximum absolute atomic E-state index is 11.5. The van der Waals surface area contributed by atoms with Gasteiger partial charge in [0.25, 0.3) is 0 Å². The van der Waals surface area contributed by atoms with Gasteiger partial charge in [-0.3, -0.25) is 0 Å². The Balaban J connectivity index is 2.65. The number of ether oxygens (including phenoxy) is 2. The van der Waals surface area contributed by atoms with Crippen molar-refractivity contribution in [1.82, 2.24) is 0 Å². The molecule has 0 aliphatic heterocycles. The maximum atomic E-state index is 11.5. The van der Waals surface area contributed by atoms with Gasteiger partial charge < -0.3 is 9.47 Å². The number of halogens is 1. The van der Waals surface area contributed by atoms with Crippen molar-refractivity contribution in [2.75, 3.05) is 13.4 Å². The largest absolute Gasteiger partial charge is 0.435 e. The Hall–Kier alpha value is -0.620. The van der Waals surface area contributed by atoms with E-state index in [4.69, 9.17) is 9.47 Å². The van der Waals surface area contributed by atoms with E-state index in [1.165, 1.54) is 0 Å². The van der Waals surface area contributed by atoms with Gasteiger partial charge in [-0.15, -0.1) is 0 Å². The van der Waals surface area contributed by atoms with Gasteiger partial charge in [-0.25, -0.2) is 4.79 Å². The van der Waals surface area contributed by atoms with Crippen molar-refractivity contribution < 1.29 is 14.3 Å². The quantitative estimate of drug-likeness (QED) is 0.370. The third kappa shape index (κ3) is 3.79. The van der Waals surface area contributed by atoms with Crippen molar-refractivity contribution in [2.24, 2.45) is 0 Å². The summed E-state index contributed by atoms with van der Waals surface area (Å²) in [5.74, 6) is -0.340. The molecule has 0 fully saturated rings. The normalized spacial score (nSPS) is 10.1. The van der Waals surface area contributed by atoms with Crippen LogP contribution in [0, 0.1) is 10.5 Å². The minimum Gasteiger partial charge on any atom is -0.435 e. The first-order chi connectivity index (χ1) is 7.15. The van der Waals surface area contributed by atoms with Crippen LogP contribution in [0.1, 0.15) is 22.8 Å². The van der Waals surface area contributed by atoms with Crippen LogP contribution in [0.15, 0.2) is 18.2 Å². The fourth-order valence-electron chi connectivity index (χ4n) is 1.04. The predicted molar refractivity (Wildman–Crippen MR) is 65.8 cm³/mol. The molecule has 0 aliphatic rings. The zero-order valence-electron chi connectivity index (χ0n) is 8.75. The van der Waals surface area contributed by atoms with Crippen LogP contribution in [-0.4, -0.2) is 19.4 Å². The molecular formula is C11H13IO3. The molecule has 1 aromatic carbocycles. The number of hydrogen-bond acceptors (Lipinski definition) is 3. The standard InChI is InChI=1S/C11H13IO3/c1-3-14-7-15-11(13)9-5-4-8(2)6-10(9)12/h4-6H,3,7H2,1-2H3. The number of aryl methyl sites for hydroxylation is 1. The number of esters is 1. The molecule has 0 aromatic heterocycles. The first-order valence-corrected chi connectivity index (χ1v) is 5.74. The third-order valence-corrected chi connectivity index (χ3v) is 2.71. The van der Waals surface area contributed by atoms with Crippen LogP contribution in [0.25, 0.3) is 0 Å². The second-order valence-electron chi connectivity index (χ2n) is 3.03. The van der Waals surface area contributed by atoms with Crippen molar-refractivity contribution in [3.63, 3.8) is 0 Å². The molecule has 0 amide bonds. The summed E-state index contributed by atoms with van der Waals surface area (Å²) in [6.45, 7) is 4.39. The summed E-state index contributed by atoms with van der Waals surface area (Å²) in [5.41, 5.74) is 1.71. The number of carbonyl (C=O) groups is 1. The van der Waals surface area contributed by atoms with Crippen molar-refractivity contribution >= 4 is 28.6 Å². The summed E-state index contributed by atoms with van der Waals surface area (Å²) in [4.78, 5) is 11.5. The maximum Gasteiger partial charge on any atom is 0.341 e. The van der Waals surface area contributed by atoms with Crippen LogP contribution in [0.4, 0.5) is 0 Å². The van der Waals surface area contributed by atoms with Crippen LogP contribution < -0.4 is 0 Å². The van der Waals surface area contributed by atoms with E-state index in [-0.39, 0.29) is 12.8 Å². The first kappa shape index (κ1) is 12.4. The molecule has 0 aliphatic carbocycles. The average molecular weight is 320 g/mol. The Morgan fingerprint density at radius 1 is 1.47 bits per heavy atom. The summed E-state index contributed by atoms with van der Waals surface area (Å²) in [5, 5.41) is 0. The Kier molecular flexibility index (Phi) is 5.04. The molecule has 0 atom stereocenters. The van der Waals surface area contributed by atoms with Gasteiger partial charge in [0.15, 0.2) is 6.79 Å². The molecule has 0 saturated carbocycles. The Bertz CT molecular complexity index is 350. The molecule has 82 valence electrons. The van der Waals surface area contributed by atoms with Crippen LogP contribution in [0.5, 0.6) is 0 Å². The molecule has 0 spiro atoms. The number of hydrogen-bond donors (Lipinski definition) is 0. The van der Waals surface area contributed by atoms with Crippen LogP contribution in [0.3, 0.4) is 0 Å². The van der Waals surface area contributed by atoms with E-state index in [1.807, 2.05) is 26.0 Å². The van der Waals surface area contributed by atoms with Gasteiger partial charge in [0.1, 0.15) is 0 Å². The van der Waals surface area contributed by atoms with Crippen molar-refractivity contribution in [3.05, 3.63) is 32.9 Å². The highest BCUT2D eigenvalue weighted by atomic mass is 127. The molecule has 0 N–H and O–H groups in total. The minimum absolute atomic E-state index is 0.0132. The highest BCUT2D eigenvalue weighted by Crippen LogP contribution is 2.15. The van der Waals surface area contributed by atoms with Crippen LogP contribution in [-0.2, 0) is 9.47 Å². The van der Waals surface area contributed by atoms with Gasteiger partial charge in [0, 0.05) is 10.2 Å². The lowest BCUT2D eigenvalue weighted by atomic mass is 10.1. The number of carbonyl (C=O) groups excluding carboxylic acids is 1. The molecule has 0 heterocycles. The zero-order chi connectivity index (χ0) is 11.3. The van der Waals surface area contributed by atoms with Gasteiger partial charge in [-0.2, -0.15) is 0 Å². The zero-order valence-corrected chi connectivity index (χ0v) is 10.9. The molecule has 3 nitrogen and oxygen atoms in total. The second-order valence-corrected chi connectivity index (χ2v) is 4.19. The number of rotatable bonds is 4. The number of benzene rings is 1. The SMILES string of the molecule is CCOCOC(=O)c1ccc(C)cc1I. The van der Waals surface area contributed by atoms with E-state index in [2.05, 4.69) is 22.6 Å². The Morgan fingerprint density at radius 2 is 2.20 bits per heavy atom. The molecule has 0 saturated heterocycles. The van der Waals surface area contributed by atoms with E-state index < -0.39 is 0 Å². The summed E-state index contributed by atoms with van der Waals surface area (Å²) in [7, 11) is 0. The van der Waals surface area contributed by atoms with Gasteiger partial charge in [-0.1, -0.05) is 11.6 Å². The van der Waals surface area contributed by atoms with E-state index in [1.54, 1.807) is 6.07 Å². The fourth-order valence-corrected chi connectivity index (χ4v) is 1.93. The van der Waals surface area contributed by atoms with Gasteiger partial charge >= 0.3 is 5.97 Å². The molecule has 15 heavy (non-hydrogen) atoms. The first-order valence-electron chi connectivity index (χ1n) is 4.66. The van der Waals surface area contributed by atoms with Gasteiger partial charge in [0.2, 0.25) is 0 Å². The molecule has 4 heteroatoms. The molecular weight excluding hydrogens is 307 g/mol. The fraction of sp³-hybridized carbons (Fsp3) is 0.364. The smallest absolute Gasteiger partial charge is 0.341 e. The van der Waals surface area contributed by atoms with E-state index >= 15 is 0 Å². The molecule has 0 radical (unpaired) electrons.